The molecule has 30 heavy (non-hydrogen) atoms. The monoisotopic (exact) mass is 416 g/mol. The summed E-state index contributed by atoms with van der Waals surface area (Å²) in [5.41, 5.74) is 2.60. The van der Waals surface area contributed by atoms with Gasteiger partial charge in [0.05, 0.1) is 27.4 Å². The molecule has 0 unspecified atom stereocenters. The van der Waals surface area contributed by atoms with Crippen LogP contribution in [0.25, 0.3) is 0 Å². The average molecular weight is 416 g/mol. The van der Waals surface area contributed by atoms with Gasteiger partial charge in [0.15, 0.2) is 11.5 Å². The van der Waals surface area contributed by atoms with Crippen molar-refractivity contribution in [1.82, 2.24) is 10.2 Å². The third kappa shape index (κ3) is 4.17. The molecule has 160 valence electrons. The zero-order valence-corrected chi connectivity index (χ0v) is 17.4. The van der Waals surface area contributed by atoms with E-state index in [0.29, 0.717) is 24.5 Å². The third-order valence-corrected chi connectivity index (χ3v) is 5.22. The Morgan fingerprint density at radius 3 is 2.33 bits per heavy atom. The highest BCUT2D eigenvalue weighted by molar-refractivity contribution is 5.84. The lowest BCUT2D eigenvalue weighted by atomic mass is 9.88. The molecule has 1 N–H and O–H groups in total. The average Bonchev–Trinajstić information content (AvgIpc) is 2.77. The Kier molecular flexibility index (Phi) is 6.44. The lowest BCUT2D eigenvalue weighted by molar-refractivity contribution is -0.142. The van der Waals surface area contributed by atoms with Gasteiger partial charge in [-0.2, -0.15) is 0 Å². The largest absolute Gasteiger partial charge is 0.493 e. The number of hydrogen-bond donors (Lipinski definition) is 1. The van der Waals surface area contributed by atoms with Crippen LogP contribution in [0.15, 0.2) is 36.4 Å². The molecule has 2 aromatic carbocycles. The van der Waals surface area contributed by atoms with E-state index in [-0.39, 0.29) is 5.82 Å². The van der Waals surface area contributed by atoms with E-state index < -0.39 is 24.1 Å². The summed E-state index contributed by atoms with van der Waals surface area (Å²) in [5.74, 6) is 0.239. The van der Waals surface area contributed by atoms with Gasteiger partial charge in [-0.3, -0.25) is 0 Å². The van der Waals surface area contributed by atoms with E-state index >= 15 is 0 Å². The molecular formula is C22H25FN2O5. The Morgan fingerprint density at radius 2 is 1.73 bits per heavy atom. The van der Waals surface area contributed by atoms with Crippen LogP contribution in [-0.2, 0) is 16.0 Å². The minimum absolute atomic E-state index is 0.364. The van der Waals surface area contributed by atoms with Gasteiger partial charge in [-0.25, -0.2) is 14.0 Å². The maximum Gasteiger partial charge on any atom is 0.328 e. The molecule has 1 heterocycles. The van der Waals surface area contributed by atoms with E-state index in [9.17, 15) is 14.0 Å². The first-order valence-corrected chi connectivity index (χ1v) is 9.54. The van der Waals surface area contributed by atoms with E-state index in [0.717, 1.165) is 16.7 Å². The second-order valence-electron chi connectivity index (χ2n) is 7.00. The van der Waals surface area contributed by atoms with Gasteiger partial charge < -0.3 is 24.4 Å². The van der Waals surface area contributed by atoms with Crippen molar-refractivity contribution in [3.05, 3.63) is 58.9 Å². The highest BCUT2D eigenvalue weighted by Gasteiger charge is 2.34. The minimum Gasteiger partial charge on any atom is -0.493 e. The Morgan fingerprint density at radius 1 is 1.10 bits per heavy atom. The first-order chi connectivity index (χ1) is 14.4. The van der Waals surface area contributed by atoms with Crippen molar-refractivity contribution in [3.63, 3.8) is 0 Å². The summed E-state index contributed by atoms with van der Waals surface area (Å²) < 4.78 is 29.1. The van der Waals surface area contributed by atoms with E-state index in [4.69, 9.17) is 14.2 Å². The molecule has 0 spiro atoms. The lowest BCUT2D eigenvalue weighted by Crippen LogP contribution is -2.50. The quantitative estimate of drug-likeness (QED) is 0.758. The van der Waals surface area contributed by atoms with Gasteiger partial charge in [-0.05, 0) is 54.3 Å². The third-order valence-electron chi connectivity index (χ3n) is 5.22. The number of carbonyl (C=O) groups is 2. The molecule has 0 saturated carbocycles. The standard InChI is InChI=1S/C22H25FN2O5/c1-13(21(26)30-4)24-22(27)25-10-9-15-11-18(28-2)19(29-3)12-17(15)20(25)14-5-7-16(23)8-6-14/h5-8,11-13,20H,9-10H2,1-4H3,(H,24,27)/t13-,20-/m0/s1. The Bertz CT molecular complexity index is 932. The van der Waals surface area contributed by atoms with Crippen LogP contribution in [0.4, 0.5) is 9.18 Å². The fraction of sp³-hybridized carbons (Fsp3) is 0.364. The second kappa shape index (κ2) is 9.02. The van der Waals surface area contributed by atoms with Crippen LogP contribution < -0.4 is 14.8 Å². The molecule has 2 aromatic rings. The molecule has 8 heteroatoms. The number of rotatable bonds is 5. The maximum atomic E-state index is 13.5. The predicted molar refractivity (Wildman–Crippen MR) is 108 cm³/mol. The number of methoxy groups -OCH3 is 3. The number of nitrogens with one attached hydrogen (secondary N) is 1. The van der Waals surface area contributed by atoms with E-state index in [1.807, 2.05) is 12.1 Å². The summed E-state index contributed by atoms with van der Waals surface area (Å²) in [5, 5.41) is 2.68. The Balaban J connectivity index is 2.04. The second-order valence-corrected chi connectivity index (χ2v) is 7.00. The van der Waals surface area contributed by atoms with Gasteiger partial charge in [0, 0.05) is 6.54 Å². The molecule has 2 atom stereocenters. The molecule has 0 radical (unpaired) electrons. The van der Waals surface area contributed by atoms with Gasteiger partial charge in [-0.15, -0.1) is 0 Å². The molecule has 0 saturated heterocycles. The Labute approximate surface area is 174 Å². The summed E-state index contributed by atoms with van der Waals surface area (Å²) in [4.78, 5) is 26.4. The molecule has 0 fully saturated rings. The molecule has 1 aliphatic heterocycles. The van der Waals surface area contributed by atoms with Crippen molar-refractivity contribution in [1.29, 1.82) is 0 Å². The van der Waals surface area contributed by atoms with Crippen LogP contribution in [0.2, 0.25) is 0 Å². The maximum absolute atomic E-state index is 13.5. The van der Waals surface area contributed by atoms with Crippen LogP contribution in [0.3, 0.4) is 0 Å². The van der Waals surface area contributed by atoms with Crippen LogP contribution in [0.1, 0.15) is 29.7 Å². The van der Waals surface area contributed by atoms with Crippen molar-refractivity contribution >= 4 is 12.0 Å². The van der Waals surface area contributed by atoms with Gasteiger partial charge >= 0.3 is 12.0 Å². The summed E-state index contributed by atoms with van der Waals surface area (Å²) in [6, 6.07) is 8.05. The first-order valence-electron chi connectivity index (χ1n) is 9.54. The number of fused-ring (bicyclic) bond motifs is 1. The van der Waals surface area contributed by atoms with Gasteiger partial charge in [0.2, 0.25) is 0 Å². The minimum atomic E-state index is -0.803. The zero-order valence-electron chi connectivity index (χ0n) is 17.4. The summed E-state index contributed by atoms with van der Waals surface area (Å²) in [7, 11) is 4.38. The smallest absolute Gasteiger partial charge is 0.328 e. The van der Waals surface area contributed by atoms with Crippen LogP contribution in [0.5, 0.6) is 11.5 Å². The molecule has 0 aliphatic carbocycles. The molecule has 0 bridgehead atoms. The number of nitrogens with zero attached hydrogens (tertiary/aromatic N) is 1. The molecule has 7 nitrogen and oxygen atoms in total. The van der Waals surface area contributed by atoms with Crippen LogP contribution in [0, 0.1) is 5.82 Å². The van der Waals surface area contributed by atoms with Gasteiger partial charge in [0.1, 0.15) is 11.9 Å². The normalized spacial score (nSPS) is 16.3. The van der Waals surface area contributed by atoms with Gasteiger partial charge in [0.25, 0.3) is 0 Å². The lowest BCUT2D eigenvalue weighted by Gasteiger charge is -2.38. The number of ether oxygens (including phenoxy) is 3. The first kappa shape index (κ1) is 21.4. The number of esters is 1. The number of halogens is 1. The number of amides is 2. The van der Waals surface area contributed by atoms with Gasteiger partial charge in [-0.1, -0.05) is 12.1 Å². The molecular weight excluding hydrogens is 391 g/mol. The highest BCUT2D eigenvalue weighted by Crippen LogP contribution is 2.41. The fourth-order valence-corrected chi connectivity index (χ4v) is 3.67. The number of urea groups is 1. The van der Waals surface area contributed by atoms with E-state index in [1.165, 1.54) is 19.2 Å². The predicted octanol–water partition coefficient (Wildman–Crippen LogP) is 3.06. The summed E-state index contributed by atoms with van der Waals surface area (Å²) in [6.07, 6.45) is 0.591. The summed E-state index contributed by atoms with van der Waals surface area (Å²) in [6.45, 7) is 1.96. The fourth-order valence-electron chi connectivity index (χ4n) is 3.67. The number of benzene rings is 2. The number of carbonyl (C=O) groups excluding carboxylic acids is 2. The molecule has 1 aliphatic rings. The zero-order chi connectivity index (χ0) is 21.8. The molecule has 2 amide bonds. The summed E-state index contributed by atoms with van der Waals surface area (Å²) >= 11 is 0. The van der Waals surface area contributed by atoms with Crippen molar-refractivity contribution in [2.45, 2.75) is 25.4 Å². The number of hydrogen-bond acceptors (Lipinski definition) is 5. The van der Waals surface area contributed by atoms with Crippen LogP contribution in [-0.4, -0.2) is 50.8 Å². The van der Waals surface area contributed by atoms with Crippen molar-refractivity contribution in [2.75, 3.05) is 27.9 Å². The molecule has 0 aromatic heterocycles. The highest BCUT2D eigenvalue weighted by atomic mass is 19.1. The Hall–Kier alpha value is -3.29. The SMILES string of the molecule is COC(=O)[C@H](C)NC(=O)N1CCc2cc(OC)c(OC)cc2[C@@H]1c1ccc(F)cc1. The van der Waals surface area contributed by atoms with E-state index in [2.05, 4.69) is 5.32 Å². The van der Waals surface area contributed by atoms with Crippen molar-refractivity contribution in [3.8, 4) is 11.5 Å². The topological polar surface area (TPSA) is 77.1 Å². The van der Waals surface area contributed by atoms with Crippen molar-refractivity contribution in [2.24, 2.45) is 0 Å². The van der Waals surface area contributed by atoms with Crippen molar-refractivity contribution < 1.29 is 28.2 Å². The van der Waals surface area contributed by atoms with E-state index in [1.54, 1.807) is 38.2 Å². The molecule has 3 rings (SSSR count). The van der Waals surface area contributed by atoms with Crippen LogP contribution >= 0.6 is 0 Å².